The molecule has 0 atom stereocenters. The van der Waals surface area contributed by atoms with Gasteiger partial charge >= 0.3 is 5.69 Å². The Morgan fingerprint density at radius 3 is 2.03 bits per heavy atom. The van der Waals surface area contributed by atoms with Crippen molar-refractivity contribution in [3.63, 3.8) is 0 Å². The summed E-state index contributed by atoms with van der Waals surface area (Å²) < 4.78 is 8.35. The molecule has 1 N–H and O–H groups in total. The second kappa shape index (κ2) is 11.5. The molecule has 1 aromatic heterocycles. The zero-order chi connectivity index (χ0) is 24.7. The quantitative estimate of drug-likeness (QED) is 0.349. The van der Waals surface area contributed by atoms with Gasteiger partial charge in [-0.05, 0) is 55.5 Å². The molecule has 4 aromatic rings. The monoisotopic (exact) mass is 483 g/mol. The van der Waals surface area contributed by atoms with Crippen LogP contribution in [-0.2, 0) is 11.3 Å². The average Bonchev–Trinajstić information content (AvgIpc) is 2.93. The first-order valence-electron chi connectivity index (χ1n) is 12.9. The summed E-state index contributed by atoms with van der Waals surface area (Å²) in [6.07, 6.45) is 4.10. The molecule has 36 heavy (non-hydrogen) atoms. The molecule has 0 saturated carbocycles. The third kappa shape index (κ3) is 5.66. The first-order chi connectivity index (χ1) is 17.7. The molecule has 186 valence electrons. The van der Waals surface area contributed by atoms with Gasteiger partial charge in [0.1, 0.15) is 6.10 Å². The van der Waals surface area contributed by atoms with Crippen LogP contribution in [0.5, 0.6) is 0 Å². The molecule has 6 nitrogen and oxygen atoms in total. The fraction of sp³-hybridized carbons (Fsp3) is 0.333. The van der Waals surface area contributed by atoms with Crippen molar-refractivity contribution in [3.8, 4) is 0 Å². The Bertz CT molecular complexity index is 1330. The summed E-state index contributed by atoms with van der Waals surface area (Å²) in [5.74, 6) is 0. The van der Waals surface area contributed by atoms with Gasteiger partial charge in [0.25, 0.3) is 5.56 Å². The van der Waals surface area contributed by atoms with Gasteiger partial charge in [-0.2, -0.15) is 0 Å². The number of hydrogen-bond acceptors (Lipinski definition) is 4. The van der Waals surface area contributed by atoms with Crippen LogP contribution >= 0.6 is 0 Å². The molecule has 3 aromatic carbocycles. The van der Waals surface area contributed by atoms with Gasteiger partial charge in [-0.3, -0.25) is 14.3 Å². The second-order valence-corrected chi connectivity index (χ2v) is 9.51. The summed E-state index contributed by atoms with van der Waals surface area (Å²) in [5.41, 5.74) is 2.43. The van der Waals surface area contributed by atoms with E-state index in [0.29, 0.717) is 17.4 Å². The minimum Gasteiger partial charge on any atom is -0.365 e. The highest BCUT2D eigenvalue weighted by molar-refractivity contribution is 5.77. The number of aromatic nitrogens is 2. The van der Waals surface area contributed by atoms with E-state index in [4.69, 9.17) is 4.74 Å². The van der Waals surface area contributed by atoms with Crippen molar-refractivity contribution in [1.82, 2.24) is 14.5 Å². The lowest BCUT2D eigenvalue weighted by atomic mass is 10.00. The third-order valence-electron chi connectivity index (χ3n) is 7.08. The maximum Gasteiger partial charge on any atom is 0.328 e. The van der Waals surface area contributed by atoms with Gasteiger partial charge in [-0.25, -0.2) is 4.79 Å². The molecular formula is C30H33N3O3. The third-order valence-corrected chi connectivity index (χ3v) is 7.08. The van der Waals surface area contributed by atoms with E-state index in [1.54, 1.807) is 10.6 Å². The van der Waals surface area contributed by atoms with Crippen molar-refractivity contribution in [2.24, 2.45) is 0 Å². The van der Waals surface area contributed by atoms with Crippen LogP contribution < -0.4 is 11.2 Å². The number of piperidine rings is 1. The van der Waals surface area contributed by atoms with Crippen LogP contribution in [0.25, 0.3) is 10.9 Å². The van der Waals surface area contributed by atoms with E-state index in [-0.39, 0.29) is 23.5 Å². The van der Waals surface area contributed by atoms with Crippen molar-refractivity contribution in [1.29, 1.82) is 0 Å². The Morgan fingerprint density at radius 1 is 0.778 bits per heavy atom. The topological polar surface area (TPSA) is 67.3 Å². The normalized spacial score (nSPS) is 15.0. The number of aryl methyl sites for hydroxylation is 1. The summed E-state index contributed by atoms with van der Waals surface area (Å²) in [6, 6.07) is 28.2. The number of fused-ring (bicyclic) bond motifs is 1. The number of H-pyrrole nitrogens is 1. The molecule has 1 fully saturated rings. The lowest BCUT2D eigenvalue weighted by Gasteiger charge is -2.34. The molecule has 0 bridgehead atoms. The number of hydrogen-bond donors (Lipinski definition) is 1. The highest BCUT2D eigenvalue weighted by Gasteiger charge is 2.24. The van der Waals surface area contributed by atoms with Crippen LogP contribution in [0.4, 0.5) is 0 Å². The minimum absolute atomic E-state index is 0.0469. The van der Waals surface area contributed by atoms with E-state index in [1.165, 1.54) is 11.1 Å². The molecule has 1 aliphatic rings. The molecule has 6 heteroatoms. The van der Waals surface area contributed by atoms with Gasteiger partial charge in [0.05, 0.1) is 17.0 Å². The van der Waals surface area contributed by atoms with Crippen molar-refractivity contribution in [2.45, 2.75) is 44.4 Å². The lowest BCUT2D eigenvalue weighted by Crippen LogP contribution is -2.38. The van der Waals surface area contributed by atoms with Gasteiger partial charge in [0, 0.05) is 19.6 Å². The predicted octanol–water partition coefficient (Wildman–Crippen LogP) is 4.74. The summed E-state index contributed by atoms with van der Waals surface area (Å²) in [5, 5.41) is 0.559. The van der Waals surface area contributed by atoms with Gasteiger partial charge < -0.3 is 9.64 Å². The number of para-hydroxylation sites is 1. The highest BCUT2D eigenvalue weighted by Crippen LogP contribution is 2.30. The van der Waals surface area contributed by atoms with Crippen molar-refractivity contribution < 1.29 is 4.74 Å². The zero-order valence-electron chi connectivity index (χ0n) is 20.5. The molecule has 1 aliphatic heterocycles. The molecule has 5 rings (SSSR count). The van der Waals surface area contributed by atoms with Gasteiger partial charge in [-0.15, -0.1) is 0 Å². The van der Waals surface area contributed by atoms with Crippen molar-refractivity contribution >= 4 is 10.9 Å². The number of nitrogens with one attached hydrogen (secondary N) is 1. The Hall–Kier alpha value is -3.48. The van der Waals surface area contributed by atoms with Crippen molar-refractivity contribution in [2.75, 3.05) is 19.6 Å². The fourth-order valence-electron chi connectivity index (χ4n) is 5.14. The number of unbranched alkanes of at least 4 members (excludes halogenated alkanes) is 1. The second-order valence-electron chi connectivity index (χ2n) is 9.51. The smallest absolute Gasteiger partial charge is 0.328 e. The molecule has 1 saturated heterocycles. The van der Waals surface area contributed by atoms with E-state index in [2.05, 4.69) is 58.4 Å². The van der Waals surface area contributed by atoms with Gasteiger partial charge in [0.15, 0.2) is 0 Å². The maximum absolute atomic E-state index is 12.4. The Labute approximate surface area is 211 Å². The predicted molar refractivity (Wildman–Crippen MR) is 143 cm³/mol. The van der Waals surface area contributed by atoms with Crippen LogP contribution in [0.1, 0.15) is 42.9 Å². The van der Waals surface area contributed by atoms with Gasteiger partial charge in [0.2, 0.25) is 0 Å². The number of ether oxygens (including phenoxy) is 1. The molecule has 0 radical (unpaired) electrons. The SMILES string of the molecule is O=c1[nH]c(=O)n(CCCCN2CCC(OC(c3ccccc3)c3ccccc3)CC2)c2ccccc12. The summed E-state index contributed by atoms with van der Waals surface area (Å²) in [6.45, 7) is 3.64. The van der Waals surface area contributed by atoms with Crippen LogP contribution in [0.15, 0.2) is 94.5 Å². The summed E-state index contributed by atoms with van der Waals surface area (Å²) >= 11 is 0. The van der Waals surface area contributed by atoms with Crippen LogP contribution in [0.2, 0.25) is 0 Å². The van der Waals surface area contributed by atoms with Crippen molar-refractivity contribution in [3.05, 3.63) is 117 Å². The minimum atomic E-state index is -0.331. The van der Waals surface area contributed by atoms with E-state index in [1.807, 2.05) is 30.3 Å². The van der Waals surface area contributed by atoms with E-state index < -0.39 is 0 Å². The first-order valence-corrected chi connectivity index (χ1v) is 12.9. The van der Waals surface area contributed by atoms with E-state index in [0.717, 1.165) is 45.3 Å². The Balaban J connectivity index is 1.12. The van der Waals surface area contributed by atoms with Gasteiger partial charge in [-0.1, -0.05) is 72.8 Å². The summed E-state index contributed by atoms with van der Waals surface area (Å²) in [7, 11) is 0. The number of nitrogens with zero attached hydrogens (tertiary/aromatic N) is 2. The molecular weight excluding hydrogens is 450 g/mol. The van der Waals surface area contributed by atoms with Crippen LogP contribution in [0.3, 0.4) is 0 Å². The molecule has 0 aliphatic carbocycles. The largest absolute Gasteiger partial charge is 0.365 e. The number of aromatic amines is 1. The molecule has 0 amide bonds. The standard InChI is InChI=1S/C30H33N3O3/c34-29-26-15-7-8-16-27(26)33(30(35)31-29)20-10-9-19-32-21-17-25(18-22-32)36-28(23-11-3-1-4-12-23)24-13-5-2-6-14-24/h1-8,11-16,25,28H,9-10,17-22H2,(H,31,34,35). The number of rotatable bonds is 9. The zero-order valence-corrected chi connectivity index (χ0v) is 20.5. The number of benzene rings is 3. The molecule has 2 heterocycles. The average molecular weight is 484 g/mol. The fourth-order valence-corrected chi connectivity index (χ4v) is 5.14. The van der Waals surface area contributed by atoms with Crippen LogP contribution in [0, 0.1) is 0 Å². The summed E-state index contributed by atoms with van der Waals surface area (Å²) in [4.78, 5) is 29.4. The Kier molecular flexibility index (Phi) is 7.74. The first kappa shape index (κ1) is 24.2. The van der Waals surface area contributed by atoms with E-state index in [9.17, 15) is 9.59 Å². The number of likely N-dealkylation sites (tertiary alicyclic amines) is 1. The Morgan fingerprint density at radius 2 is 1.36 bits per heavy atom. The van der Waals surface area contributed by atoms with Crippen LogP contribution in [-0.4, -0.2) is 40.2 Å². The van der Waals surface area contributed by atoms with E-state index >= 15 is 0 Å². The highest BCUT2D eigenvalue weighted by atomic mass is 16.5. The lowest BCUT2D eigenvalue weighted by molar-refractivity contribution is -0.0271. The molecule has 0 spiro atoms. The maximum atomic E-state index is 12.4. The molecule has 0 unspecified atom stereocenters.